The summed E-state index contributed by atoms with van der Waals surface area (Å²) in [5.41, 5.74) is 0.750. The Balaban J connectivity index is 1.44. The van der Waals surface area contributed by atoms with E-state index in [1.54, 1.807) is 35.1 Å². The largest absolute Gasteiger partial charge is 0.417 e. The molecule has 0 aliphatic heterocycles. The van der Waals surface area contributed by atoms with Gasteiger partial charge in [-0.1, -0.05) is 12.1 Å². The number of amides is 1. The number of hydrogen-bond donors (Lipinski definition) is 1. The van der Waals surface area contributed by atoms with Crippen LogP contribution in [0, 0.1) is 0 Å². The van der Waals surface area contributed by atoms with E-state index in [1.807, 2.05) is 0 Å². The lowest BCUT2D eigenvalue weighted by Gasteiger charge is -2.09. The van der Waals surface area contributed by atoms with Crippen molar-refractivity contribution in [2.75, 3.05) is 0 Å². The van der Waals surface area contributed by atoms with Crippen molar-refractivity contribution in [3.8, 4) is 0 Å². The summed E-state index contributed by atoms with van der Waals surface area (Å²) in [6.07, 6.45) is 0.859. The first-order chi connectivity index (χ1) is 15.1. The number of aromatic nitrogens is 3. The number of sulfone groups is 1. The van der Waals surface area contributed by atoms with Crippen LogP contribution in [0.3, 0.4) is 0 Å². The number of fused-ring (bicyclic) bond motifs is 1. The molecule has 32 heavy (non-hydrogen) atoms. The molecule has 164 valence electrons. The third-order valence-electron chi connectivity index (χ3n) is 4.68. The van der Waals surface area contributed by atoms with Crippen molar-refractivity contribution in [2.45, 2.75) is 22.6 Å². The number of hydrogen-bond acceptors (Lipinski definition) is 5. The van der Waals surface area contributed by atoms with Crippen LogP contribution in [0.15, 0.2) is 83.2 Å². The lowest BCUT2D eigenvalue weighted by atomic mass is 10.2. The quantitative estimate of drug-likeness (QED) is 0.492. The number of carbonyl (C=O) groups excluding carboxylic acids is 1. The molecule has 0 radical (unpaired) electrons. The molecule has 0 saturated heterocycles. The average molecular weight is 460 g/mol. The second kappa shape index (κ2) is 8.08. The maximum Gasteiger partial charge on any atom is 0.417 e. The van der Waals surface area contributed by atoms with E-state index in [4.69, 9.17) is 0 Å². The number of imidazole rings is 1. The van der Waals surface area contributed by atoms with E-state index in [-0.39, 0.29) is 17.3 Å². The fourth-order valence-corrected chi connectivity index (χ4v) is 4.13. The van der Waals surface area contributed by atoms with Crippen molar-refractivity contribution >= 4 is 21.4 Å². The minimum absolute atomic E-state index is 0.120. The Hall–Kier alpha value is -3.73. The molecular weight excluding hydrogens is 445 g/mol. The molecule has 0 atom stereocenters. The zero-order chi connectivity index (χ0) is 22.9. The first-order valence-corrected chi connectivity index (χ1v) is 10.7. The number of nitrogens with one attached hydrogen (secondary N) is 1. The highest BCUT2D eigenvalue weighted by molar-refractivity contribution is 7.91. The number of pyridine rings is 2. The Labute approximate surface area is 180 Å². The van der Waals surface area contributed by atoms with Gasteiger partial charge in [-0.15, -0.1) is 0 Å². The van der Waals surface area contributed by atoms with Gasteiger partial charge in [0.05, 0.1) is 16.0 Å². The van der Waals surface area contributed by atoms with Crippen molar-refractivity contribution in [1.82, 2.24) is 19.7 Å². The van der Waals surface area contributed by atoms with Crippen LogP contribution in [-0.4, -0.2) is 28.7 Å². The Bertz CT molecular complexity index is 1380. The Morgan fingerprint density at radius 3 is 2.41 bits per heavy atom. The van der Waals surface area contributed by atoms with Crippen LogP contribution < -0.4 is 5.32 Å². The molecule has 3 aromatic heterocycles. The summed E-state index contributed by atoms with van der Waals surface area (Å²) >= 11 is 0. The van der Waals surface area contributed by atoms with Crippen molar-refractivity contribution in [3.05, 3.63) is 90.0 Å². The maximum atomic E-state index is 12.7. The Morgan fingerprint density at radius 1 is 1.00 bits per heavy atom. The maximum absolute atomic E-state index is 12.7. The molecule has 0 aliphatic rings. The van der Waals surface area contributed by atoms with E-state index in [0.29, 0.717) is 29.0 Å². The van der Waals surface area contributed by atoms with E-state index in [1.165, 1.54) is 24.3 Å². The van der Waals surface area contributed by atoms with Crippen LogP contribution in [-0.2, 0) is 22.6 Å². The summed E-state index contributed by atoms with van der Waals surface area (Å²) in [5, 5.41) is 2.26. The number of benzene rings is 1. The minimum Gasteiger partial charge on any atom is -0.348 e. The highest BCUT2D eigenvalue weighted by atomic mass is 32.2. The molecule has 7 nitrogen and oxygen atoms in total. The lowest BCUT2D eigenvalue weighted by molar-refractivity contribution is -0.137. The van der Waals surface area contributed by atoms with Gasteiger partial charge in [0, 0.05) is 31.3 Å². The van der Waals surface area contributed by atoms with Gasteiger partial charge < -0.3 is 9.72 Å². The molecule has 4 rings (SSSR count). The van der Waals surface area contributed by atoms with E-state index >= 15 is 0 Å². The van der Waals surface area contributed by atoms with Crippen LogP contribution in [0.25, 0.3) is 5.65 Å². The first kappa shape index (κ1) is 21.5. The molecule has 3 heterocycles. The predicted molar refractivity (Wildman–Crippen MR) is 107 cm³/mol. The molecule has 0 spiro atoms. The summed E-state index contributed by atoms with van der Waals surface area (Å²) in [6, 6.07) is 10.5. The molecule has 0 fully saturated rings. The fraction of sp³-hybridized carbons (Fsp3) is 0.0952. The third kappa shape index (κ3) is 4.33. The third-order valence-corrected chi connectivity index (χ3v) is 6.36. The molecule has 0 unspecified atom stereocenters. The van der Waals surface area contributed by atoms with E-state index in [0.717, 1.165) is 6.07 Å². The van der Waals surface area contributed by atoms with E-state index < -0.39 is 26.6 Å². The van der Waals surface area contributed by atoms with Gasteiger partial charge >= 0.3 is 6.18 Å². The second-order valence-electron chi connectivity index (χ2n) is 6.82. The fourth-order valence-electron chi connectivity index (χ4n) is 2.95. The monoisotopic (exact) mass is 460 g/mol. The van der Waals surface area contributed by atoms with Gasteiger partial charge in [0.25, 0.3) is 5.91 Å². The molecule has 0 aliphatic carbocycles. The van der Waals surface area contributed by atoms with Crippen LogP contribution in [0.2, 0.25) is 0 Å². The number of carbonyl (C=O) groups is 1. The molecule has 0 bridgehead atoms. The highest BCUT2D eigenvalue weighted by Crippen LogP contribution is 2.29. The number of nitrogens with zero attached hydrogens (tertiary/aromatic N) is 3. The molecule has 1 amide bonds. The summed E-state index contributed by atoms with van der Waals surface area (Å²) in [5.74, 6) is -0.314. The van der Waals surface area contributed by atoms with Gasteiger partial charge in [-0.3, -0.25) is 4.79 Å². The zero-order valence-electron chi connectivity index (χ0n) is 16.2. The number of rotatable bonds is 5. The van der Waals surface area contributed by atoms with Gasteiger partial charge in [0.2, 0.25) is 9.84 Å². The smallest absolute Gasteiger partial charge is 0.348 e. The van der Waals surface area contributed by atoms with Gasteiger partial charge in [0.15, 0.2) is 5.03 Å². The second-order valence-corrected chi connectivity index (χ2v) is 8.72. The topological polar surface area (TPSA) is 93.4 Å². The molecule has 11 heteroatoms. The van der Waals surface area contributed by atoms with Crippen molar-refractivity contribution in [1.29, 1.82) is 0 Å². The van der Waals surface area contributed by atoms with Crippen molar-refractivity contribution in [3.63, 3.8) is 0 Å². The van der Waals surface area contributed by atoms with Crippen LogP contribution in [0.5, 0.6) is 0 Å². The molecule has 1 N–H and O–H groups in total. The van der Waals surface area contributed by atoms with Crippen molar-refractivity contribution < 1.29 is 26.4 Å². The van der Waals surface area contributed by atoms with E-state index in [2.05, 4.69) is 15.3 Å². The van der Waals surface area contributed by atoms with Gasteiger partial charge in [-0.25, -0.2) is 18.4 Å². The summed E-state index contributed by atoms with van der Waals surface area (Å²) < 4.78 is 64.9. The Kier molecular flexibility index (Phi) is 5.43. The molecule has 4 aromatic rings. The minimum atomic E-state index is -4.61. The molecule has 1 aromatic carbocycles. The standard InChI is InChI=1S/C21H15F3N4O3S/c22-21(23,24)16-4-8-19(26-12-16)32(30,31)17-5-1-14(2-6-17)11-27-20(29)15-3-7-18-25-9-10-28(18)13-15/h1-10,12-13H,11H2,(H,27,29). The average Bonchev–Trinajstić information content (AvgIpc) is 3.25. The summed E-state index contributed by atoms with van der Waals surface area (Å²) in [6.45, 7) is 0.152. The Morgan fingerprint density at radius 2 is 1.75 bits per heavy atom. The van der Waals surface area contributed by atoms with Gasteiger partial charge in [0.1, 0.15) is 5.65 Å². The molecular formula is C21H15F3N4O3S. The predicted octanol–water partition coefficient (Wildman–Crippen LogP) is 3.51. The lowest BCUT2D eigenvalue weighted by Crippen LogP contribution is -2.23. The molecule has 0 saturated carbocycles. The van der Waals surface area contributed by atoms with Crippen LogP contribution >= 0.6 is 0 Å². The SMILES string of the molecule is O=C(NCc1ccc(S(=O)(=O)c2ccc(C(F)(F)F)cn2)cc1)c1ccc2nccn2c1. The van der Waals surface area contributed by atoms with Gasteiger partial charge in [-0.2, -0.15) is 13.2 Å². The summed E-state index contributed by atoms with van der Waals surface area (Å²) in [4.78, 5) is 19.8. The van der Waals surface area contributed by atoms with Crippen LogP contribution in [0.4, 0.5) is 13.2 Å². The normalized spacial score (nSPS) is 12.1. The van der Waals surface area contributed by atoms with Crippen LogP contribution in [0.1, 0.15) is 21.5 Å². The number of halogens is 3. The first-order valence-electron chi connectivity index (χ1n) is 9.23. The summed E-state index contributed by atoms with van der Waals surface area (Å²) in [7, 11) is -4.08. The highest BCUT2D eigenvalue weighted by Gasteiger charge is 2.31. The number of alkyl halides is 3. The van der Waals surface area contributed by atoms with Crippen molar-refractivity contribution in [2.24, 2.45) is 0 Å². The van der Waals surface area contributed by atoms with E-state index in [9.17, 15) is 26.4 Å². The van der Waals surface area contributed by atoms with Gasteiger partial charge in [-0.05, 0) is 42.0 Å². The zero-order valence-corrected chi connectivity index (χ0v) is 17.1.